The van der Waals surface area contributed by atoms with E-state index in [9.17, 15) is 13.2 Å². The zero-order valence-electron chi connectivity index (χ0n) is 17.5. The Morgan fingerprint density at radius 3 is 2.55 bits per heavy atom. The Labute approximate surface area is 181 Å². The number of benzene rings is 1. The number of thioether (sulfide) groups is 1. The van der Waals surface area contributed by atoms with Crippen molar-refractivity contribution in [2.24, 2.45) is 5.92 Å². The first-order valence-corrected chi connectivity index (χ1v) is 11.9. The van der Waals surface area contributed by atoms with Crippen molar-refractivity contribution in [1.29, 1.82) is 0 Å². The number of rotatable bonds is 8. The molecule has 1 heterocycles. The molecule has 0 aliphatic rings. The molecule has 1 amide bonds. The minimum atomic E-state index is -3.71. The fraction of sp³-hybridized carbons (Fsp3) is 0.474. The van der Waals surface area contributed by atoms with E-state index in [0.717, 1.165) is 27.4 Å². The molecule has 0 spiro atoms. The van der Waals surface area contributed by atoms with Crippen LogP contribution in [-0.2, 0) is 21.4 Å². The lowest BCUT2D eigenvalue weighted by Crippen LogP contribution is -2.23. The highest BCUT2D eigenvalue weighted by Gasteiger charge is 2.21. The maximum atomic E-state index is 12.4. The molecular weight excluding hydrogens is 432 g/mol. The van der Waals surface area contributed by atoms with Crippen LogP contribution in [0.4, 0.5) is 5.69 Å². The number of carbonyl (C=O) groups is 1. The zero-order valence-corrected chi connectivity index (χ0v) is 19.9. The number of nitrogens with one attached hydrogen (secondary N) is 1. The van der Waals surface area contributed by atoms with Gasteiger partial charge >= 0.3 is 0 Å². The van der Waals surface area contributed by atoms with Gasteiger partial charge in [-0.05, 0) is 38.0 Å². The molecule has 0 saturated heterocycles. The summed E-state index contributed by atoms with van der Waals surface area (Å²) in [5, 5.41) is 3.64. The van der Waals surface area contributed by atoms with E-state index in [2.05, 4.69) is 28.7 Å². The van der Waals surface area contributed by atoms with Crippen LogP contribution in [0.1, 0.15) is 25.2 Å². The normalized spacial score (nSPS) is 12.0. The molecule has 160 valence electrons. The summed E-state index contributed by atoms with van der Waals surface area (Å²) in [6.45, 7) is 9.08. The van der Waals surface area contributed by atoms with Crippen LogP contribution in [0.15, 0.2) is 28.3 Å². The summed E-state index contributed by atoms with van der Waals surface area (Å²) in [5.41, 5.74) is 2.42. The molecule has 10 heteroatoms. The first-order chi connectivity index (χ1) is 13.4. The molecule has 0 aliphatic carbocycles. The third-order valence-electron chi connectivity index (χ3n) is 4.28. The van der Waals surface area contributed by atoms with Crippen molar-refractivity contribution >= 4 is 45.0 Å². The van der Waals surface area contributed by atoms with Crippen molar-refractivity contribution in [3.8, 4) is 0 Å². The van der Waals surface area contributed by atoms with Crippen molar-refractivity contribution in [1.82, 2.24) is 13.9 Å². The van der Waals surface area contributed by atoms with E-state index in [0.29, 0.717) is 11.6 Å². The molecule has 7 nitrogen and oxygen atoms in total. The predicted octanol–water partition coefficient (Wildman–Crippen LogP) is 3.79. The summed E-state index contributed by atoms with van der Waals surface area (Å²) >= 11 is 7.40. The lowest BCUT2D eigenvalue weighted by molar-refractivity contribution is -0.113. The molecule has 0 radical (unpaired) electrons. The standard InChI is InChI=1S/C19H27ClN4O3S2/c1-12(2)10-24-14(4)13(3)21-19(24)28-11-18(25)22-15-7-8-16(20)17(9-15)29(26,27)23(5)6/h7-9,12H,10-11H2,1-6H3,(H,22,25). The molecule has 0 saturated carbocycles. The minimum Gasteiger partial charge on any atom is -0.325 e. The molecule has 1 N–H and O–H groups in total. The summed E-state index contributed by atoms with van der Waals surface area (Å²) < 4.78 is 28.0. The summed E-state index contributed by atoms with van der Waals surface area (Å²) in [6.07, 6.45) is 0. The fourth-order valence-corrected chi connectivity index (χ4v) is 4.91. The number of imidazole rings is 1. The predicted molar refractivity (Wildman–Crippen MR) is 118 cm³/mol. The molecule has 0 atom stereocenters. The Hall–Kier alpha value is -1.55. The number of anilines is 1. The SMILES string of the molecule is Cc1nc(SCC(=O)Nc2ccc(Cl)c(S(=O)(=O)N(C)C)c2)n(CC(C)C)c1C. The average Bonchev–Trinajstić information content (AvgIpc) is 2.88. The van der Waals surface area contributed by atoms with Crippen molar-refractivity contribution in [3.05, 3.63) is 34.6 Å². The number of nitrogens with zero attached hydrogens (tertiary/aromatic N) is 3. The molecule has 2 rings (SSSR count). The number of hydrogen-bond donors (Lipinski definition) is 1. The highest BCUT2D eigenvalue weighted by atomic mass is 35.5. The summed E-state index contributed by atoms with van der Waals surface area (Å²) in [4.78, 5) is 16.9. The van der Waals surface area contributed by atoms with Gasteiger partial charge in [-0.1, -0.05) is 37.2 Å². The van der Waals surface area contributed by atoms with Crippen molar-refractivity contribution in [2.75, 3.05) is 25.2 Å². The van der Waals surface area contributed by atoms with Crippen LogP contribution in [0.25, 0.3) is 0 Å². The number of amides is 1. The van der Waals surface area contributed by atoms with Gasteiger partial charge in [-0.3, -0.25) is 4.79 Å². The van der Waals surface area contributed by atoms with Crippen LogP contribution in [-0.4, -0.2) is 48.0 Å². The Morgan fingerprint density at radius 1 is 1.31 bits per heavy atom. The molecule has 29 heavy (non-hydrogen) atoms. The third-order valence-corrected chi connectivity index (χ3v) is 7.55. The van der Waals surface area contributed by atoms with Gasteiger partial charge in [0.15, 0.2) is 5.16 Å². The number of sulfonamides is 1. The minimum absolute atomic E-state index is 0.0478. The monoisotopic (exact) mass is 458 g/mol. The maximum absolute atomic E-state index is 12.4. The van der Waals surface area contributed by atoms with Gasteiger partial charge in [0.05, 0.1) is 16.5 Å². The van der Waals surface area contributed by atoms with Gasteiger partial charge in [-0.2, -0.15) is 0 Å². The molecule has 2 aromatic rings. The van der Waals surface area contributed by atoms with Crippen LogP contribution < -0.4 is 5.32 Å². The lowest BCUT2D eigenvalue weighted by Gasteiger charge is -2.14. The fourth-order valence-electron chi connectivity index (χ4n) is 2.62. The summed E-state index contributed by atoms with van der Waals surface area (Å²) in [7, 11) is -0.854. The number of halogens is 1. The second-order valence-corrected chi connectivity index (χ2v) is 10.8. The first-order valence-electron chi connectivity index (χ1n) is 9.12. The van der Waals surface area contributed by atoms with E-state index in [1.807, 2.05) is 13.8 Å². The summed E-state index contributed by atoms with van der Waals surface area (Å²) in [5.74, 6) is 0.369. The van der Waals surface area contributed by atoms with E-state index in [1.54, 1.807) is 6.07 Å². The average molecular weight is 459 g/mol. The van der Waals surface area contributed by atoms with Crippen molar-refractivity contribution in [3.63, 3.8) is 0 Å². The number of hydrogen-bond acceptors (Lipinski definition) is 5. The van der Waals surface area contributed by atoms with Gasteiger partial charge < -0.3 is 9.88 Å². The number of aromatic nitrogens is 2. The Kier molecular flexibility index (Phi) is 7.78. The Balaban J connectivity index is 2.12. The number of carbonyl (C=O) groups excluding carboxylic acids is 1. The van der Waals surface area contributed by atoms with Gasteiger partial charge in [0, 0.05) is 32.0 Å². The first kappa shape index (κ1) is 23.7. The van der Waals surface area contributed by atoms with E-state index < -0.39 is 10.0 Å². The molecule has 0 bridgehead atoms. The van der Waals surface area contributed by atoms with Crippen LogP contribution in [0.5, 0.6) is 0 Å². The molecule has 0 unspecified atom stereocenters. The van der Waals surface area contributed by atoms with Crippen LogP contribution in [0.3, 0.4) is 0 Å². The largest absolute Gasteiger partial charge is 0.325 e. The van der Waals surface area contributed by atoms with Crippen LogP contribution >= 0.6 is 23.4 Å². The Morgan fingerprint density at radius 2 is 1.97 bits per heavy atom. The third kappa shape index (κ3) is 5.75. The molecular formula is C19H27ClN4O3S2. The van der Waals surface area contributed by atoms with Gasteiger partial charge in [-0.25, -0.2) is 17.7 Å². The molecule has 1 aromatic heterocycles. The van der Waals surface area contributed by atoms with Gasteiger partial charge in [-0.15, -0.1) is 0 Å². The highest BCUT2D eigenvalue weighted by molar-refractivity contribution is 7.99. The zero-order chi connectivity index (χ0) is 21.9. The topological polar surface area (TPSA) is 84.3 Å². The molecule has 0 fully saturated rings. The van der Waals surface area contributed by atoms with E-state index >= 15 is 0 Å². The van der Waals surface area contributed by atoms with Gasteiger partial charge in [0.1, 0.15) is 4.90 Å². The smallest absolute Gasteiger partial charge is 0.244 e. The van der Waals surface area contributed by atoms with Crippen molar-refractivity contribution in [2.45, 2.75) is 44.3 Å². The number of aryl methyl sites for hydroxylation is 1. The van der Waals surface area contributed by atoms with Crippen LogP contribution in [0.2, 0.25) is 5.02 Å². The maximum Gasteiger partial charge on any atom is 0.244 e. The summed E-state index contributed by atoms with van der Waals surface area (Å²) in [6, 6.07) is 4.41. The van der Waals surface area contributed by atoms with Crippen LogP contribution in [0, 0.1) is 19.8 Å². The quantitative estimate of drug-likeness (QED) is 0.608. The van der Waals surface area contributed by atoms with E-state index in [-0.39, 0.29) is 21.6 Å². The van der Waals surface area contributed by atoms with Crippen molar-refractivity contribution < 1.29 is 13.2 Å². The molecule has 0 aliphatic heterocycles. The Bertz CT molecular complexity index is 1000. The molecule has 1 aromatic carbocycles. The second-order valence-electron chi connectivity index (χ2n) is 7.34. The van der Waals surface area contributed by atoms with Gasteiger partial charge in [0.2, 0.25) is 15.9 Å². The highest BCUT2D eigenvalue weighted by Crippen LogP contribution is 2.27. The lowest BCUT2D eigenvalue weighted by atomic mass is 10.2. The van der Waals surface area contributed by atoms with E-state index in [4.69, 9.17) is 11.6 Å². The van der Waals surface area contributed by atoms with E-state index in [1.165, 1.54) is 38.0 Å². The second kappa shape index (κ2) is 9.51. The van der Waals surface area contributed by atoms with Gasteiger partial charge in [0.25, 0.3) is 0 Å².